The molecule has 0 radical (unpaired) electrons. The number of nitrogens with one attached hydrogen (secondary N) is 2. The van der Waals surface area contributed by atoms with Crippen LogP contribution in [-0.4, -0.2) is 10.8 Å². The molecule has 0 fully saturated rings. The number of carbonyl (C=O) groups is 1. The van der Waals surface area contributed by atoms with Gasteiger partial charge in [-0.15, -0.1) is 0 Å². The SMILES string of the molecule is O=C1C[C@H](c2ccc(F)cc2)CC2=C1[C@@H](c1ccncc1)Nc1ccccc1N2. The van der Waals surface area contributed by atoms with Crippen LogP contribution < -0.4 is 10.6 Å². The monoisotopic (exact) mass is 385 g/mol. The summed E-state index contributed by atoms with van der Waals surface area (Å²) >= 11 is 0. The zero-order chi connectivity index (χ0) is 19.8. The van der Waals surface area contributed by atoms with Gasteiger partial charge in [0.05, 0.1) is 17.4 Å². The first-order valence-corrected chi connectivity index (χ1v) is 9.73. The van der Waals surface area contributed by atoms with Crippen molar-refractivity contribution in [1.82, 2.24) is 4.98 Å². The molecule has 5 rings (SSSR count). The average molecular weight is 385 g/mol. The summed E-state index contributed by atoms with van der Waals surface area (Å²) in [4.78, 5) is 17.5. The van der Waals surface area contributed by atoms with Crippen LogP contribution >= 0.6 is 0 Å². The van der Waals surface area contributed by atoms with Crippen LogP contribution in [0.25, 0.3) is 0 Å². The number of ketones is 1. The molecule has 1 aromatic heterocycles. The summed E-state index contributed by atoms with van der Waals surface area (Å²) in [5, 5.41) is 7.06. The molecule has 2 atom stereocenters. The van der Waals surface area contributed by atoms with Gasteiger partial charge in [0.1, 0.15) is 5.82 Å². The van der Waals surface area contributed by atoms with E-state index in [-0.39, 0.29) is 23.6 Å². The lowest BCUT2D eigenvalue weighted by atomic mass is 9.78. The van der Waals surface area contributed by atoms with E-state index in [4.69, 9.17) is 0 Å². The van der Waals surface area contributed by atoms with Gasteiger partial charge < -0.3 is 10.6 Å². The van der Waals surface area contributed by atoms with Gasteiger partial charge in [-0.05, 0) is 59.9 Å². The van der Waals surface area contributed by atoms with Crippen molar-refractivity contribution in [2.24, 2.45) is 0 Å². The number of allylic oxidation sites excluding steroid dienone is 1. The molecule has 0 saturated carbocycles. The van der Waals surface area contributed by atoms with Gasteiger partial charge in [-0.1, -0.05) is 24.3 Å². The van der Waals surface area contributed by atoms with Crippen LogP contribution in [0, 0.1) is 5.82 Å². The van der Waals surface area contributed by atoms with Crippen molar-refractivity contribution in [3.63, 3.8) is 0 Å². The Morgan fingerprint density at radius 3 is 2.34 bits per heavy atom. The van der Waals surface area contributed by atoms with E-state index >= 15 is 0 Å². The van der Waals surface area contributed by atoms with Crippen molar-refractivity contribution in [3.05, 3.63) is 101 Å². The van der Waals surface area contributed by atoms with Gasteiger partial charge >= 0.3 is 0 Å². The maximum Gasteiger partial charge on any atom is 0.163 e. The predicted molar refractivity (Wildman–Crippen MR) is 111 cm³/mol. The second-order valence-corrected chi connectivity index (χ2v) is 7.50. The first-order valence-electron chi connectivity index (χ1n) is 9.73. The number of rotatable bonds is 2. The molecular weight excluding hydrogens is 365 g/mol. The van der Waals surface area contributed by atoms with Crippen LogP contribution in [-0.2, 0) is 4.79 Å². The van der Waals surface area contributed by atoms with E-state index < -0.39 is 0 Å². The summed E-state index contributed by atoms with van der Waals surface area (Å²) < 4.78 is 13.4. The third-order valence-corrected chi connectivity index (χ3v) is 5.69. The quantitative estimate of drug-likeness (QED) is 0.637. The lowest BCUT2D eigenvalue weighted by Gasteiger charge is -2.29. The number of hydrogen-bond donors (Lipinski definition) is 2. The fraction of sp³-hybridized carbons (Fsp3) is 0.167. The Morgan fingerprint density at radius 2 is 1.59 bits per heavy atom. The summed E-state index contributed by atoms with van der Waals surface area (Å²) in [7, 11) is 0. The van der Waals surface area contributed by atoms with Gasteiger partial charge in [-0.25, -0.2) is 4.39 Å². The highest BCUT2D eigenvalue weighted by Crippen LogP contribution is 2.44. The number of nitrogens with zero attached hydrogens (tertiary/aromatic N) is 1. The standard InChI is InChI=1S/C24H20FN3O/c25-18-7-5-15(6-8-18)17-13-21-23(22(29)14-17)24(16-9-11-26-12-10-16)28-20-4-2-1-3-19(20)27-21/h1-12,17,24,27-28H,13-14H2/t17-,24-/m1/s1. The molecule has 1 aliphatic heterocycles. The molecule has 0 spiro atoms. The molecule has 2 aliphatic rings. The van der Waals surface area contributed by atoms with E-state index in [1.54, 1.807) is 24.5 Å². The minimum absolute atomic E-state index is 0.0257. The maximum absolute atomic E-state index is 13.4. The summed E-state index contributed by atoms with van der Waals surface area (Å²) in [6.07, 6.45) is 4.60. The first kappa shape index (κ1) is 17.6. The fourth-order valence-electron chi connectivity index (χ4n) is 4.27. The second kappa shape index (κ2) is 7.17. The Morgan fingerprint density at radius 1 is 0.862 bits per heavy atom. The number of benzene rings is 2. The Balaban J connectivity index is 1.60. The molecule has 29 heavy (non-hydrogen) atoms. The molecule has 2 N–H and O–H groups in total. The number of carbonyl (C=O) groups excluding carboxylic acids is 1. The highest BCUT2D eigenvalue weighted by atomic mass is 19.1. The number of hydrogen-bond acceptors (Lipinski definition) is 4. The number of halogens is 1. The number of aromatic nitrogens is 1. The maximum atomic E-state index is 13.4. The van der Waals surface area contributed by atoms with Gasteiger partial charge in [-0.2, -0.15) is 0 Å². The van der Waals surface area contributed by atoms with Crippen LogP contribution in [0.5, 0.6) is 0 Å². The lowest BCUT2D eigenvalue weighted by Crippen LogP contribution is -2.26. The van der Waals surface area contributed by atoms with Gasteiger partial charge in [0.2, 0.25) is 0 Å². The Kier molecular flexibility index (Phi) is 4.35. The van der Waals surface area contributed by atoms with E-state index in [1.165, 1.54) is 12.1 Å². The molecule has 4 nitrogen and oxygen atoms in total. The van der Waals surface area contributed by atoms with E-state index in [9.17, 15) is 9.18 Å². The van der Waals surface area contributed by atoms with Crippen molar-refractivity contribution in [1.29, 1.82) is 0 Å². The number of Topliss-reactive ketones (excluding diaryl/α,β-unsaturated/α-hetero) is 1. The molecule has 3 aromatic rings. The molecular formula is C24H20FN3O. The van der Waals surface area contributed by atoms with Crippen molar-refractivity contribution in [2.45, 2.75) is 24.8 Å². The Bertz CT molecular complexity index is 1090. The van der Waals surface area contributed by atoms with Crippen LogP contribution in [0.3, 0.4) is 0 Å². The number of fused-ring (bicyclic) bond motifs is 1. The largest absolute Gasteiger partial charge is 0.372 e. The Hall–Kier alpha value is -3.47. The van der Waals surface area contributed by atoms with Gasteiger partial charge in [0, 0.05) is 30.1 Å². The minimum Gasteiger partial charge on any atom is -0.372 e. The highest BCUT2D eigenvalue weighted by molar-refractivity contribution is 6.01. The fourth-order valence-corrected chi connectivity index (χ4v) is 4.27. The van der Waals surface area contributed by atoms with E-state index in [0.29, 0.717) is 12.8 Å². The van der Waals surface area contributed by atoms with Crippen molar-refractivity contribution in [3.8, 4) is 0 Å². The molecule has 0 bridgehead atoms. The van der Waals surface area contributed by atoms with Crippen LogP contribution in [0.15, 0.2) is 84.3 Å². The first-order chi connectivity index (χ1) is 14.2. The molecule has 0 saturated heterocycles. The number of para-hydroxylation sites is 2. The van der Waals surface area contributed by atoms with E-state index in [0.717, 1.165) is 33.8 Å². The number of pyridine rings is 1. The van der Waals surface area contributed by atoms with Crippen LogP contribution in [0.4, 0.5) is 15.8 Å². The second-order valence-electron chi connectivity index (χ2n) is 7.50. The molecule has 5 heteroatoms. The smallest absolute Gasteiger partial charge is 0.163 e. The Labute approximate surface area is 168 Å². The van der Waals surface area contributed by atoms with Gasteiger partial charge in [-0.3, -0.25) is 9.78 Å². The summed E-state index contributed by atoms with van der Waals surface area (Å²) in [5.74, 6) is -0.132. The zero-order valence-electron chi connectivity index (χ0n) is 15.7. The molecule has 1 aliphatic carbocycles. The van der Waals surface area contributed by atoms with E-state index in [1.807, 2.05) is 36.4 Å². The minimum atomic E-state index is -0.265. The van der Waals surface area contributed by atoms with Crippen LogP contribution in [0.1, 0.15) is 35.9 Å². The summed E-state index contributed by atoms with van der Waals surface area (Å²) in [6.45, 7) is 0. The van der Waals surface area contributed by atoms with Gasteiger partial charge in [0.15, 0.2) is 5.78 Å². The van der Waals surface area contributed by atoms with Gasteiger partial charge in [0.25, 0.3) is 0 Å². The number of anilines is 2. The van der Waals surface area contributed by atoms with Crippen molar-refractivity contribution >= 4 is 17.2 Å². The third kappa shape index (κ3) is 3.29. The third-order valence-electron chi connectivity index (χ3n) is 5.69. The average Bonchev–Trinajstić information content (AvgIpc) is 2.92. The summed E-state index contributed by atoms with van der Waals surface area (Å²) in [5.41, 5.74) is 5.58. The van der Waals surface area contributed by atoms with Crippen molar-refractivity contribution < 1.29 is 9.18 Å². The molecule has 144 valence electrons. The molecule has 2 aromatic carbocycles. The molecule has 0 unspecified atom stereocenters. The predicted octanol–water partition coefficient (Wildman–Crippen LogP) is 5.20. The van der Waals surface area contributed by atoms with E-state index in [2.05, 4.69) is 15.6 Å². The molecule has 0 amide bonds. The van der Waals surface area contributed by atoms with Crippen molar-refractivity contribution in [2.75, 3.05) is 10.6 Å². The topological polar surface area (TPSA) is 54.0 Å². The summed E-state index contributed by atoms with van der Waals surface area (Å²) in [6, 6.07) is 18.1. The lowest BCUT2D eigenvalue weighted by molar-refractivity contribution is -0.116. The molecule has 2 heterocycles. The van der Waals surface area contributed by atoms with Crippen LogP contribution in [0.2, 0.25) is 0 Å². The normalized spacial score (nSPS) is 20.8. The highest BCUT2D eigenvalue weighted by Gasteiger charge is 2.35. The zero-order valence-corrected chi connectivity index (χ0v) is 15.7.